The fraction of sp³-hybridized carbons (Fsp3) is 1.00. The lowest BCUT2D eigenvalue weighted by Gasteiger charge is -2.19. The second kappa shape index (κ2) is 5.58. The zero-order chi connectivity index (χ0) is 9.72. The van der Waals surface area contributed by atoms with Gasteiger partial charge in [0.05, 0.1) is 6.10 Å². The molecule has 0 unspecified atom stereocenters. The molecule has 1 N–H and O–H groups in total. The van der Waals surface area contributed by atoms with Gasteiger partial charge in [0.25, 0.3) is 0 Å². The van der Waals surface area contributed by atoms with E-state index < -0.39 is 0 Å². The molecule has 0 aliphatic heterocycles. The average molecular weight is 172 g/mol. The second-order valence-electron chi connectivity index (χ2n) is 4.61. The minimum absolute atomic E-state index is 0.105. The molecule has 0 aliphatic carbocycles. The molecular formula is C11H24O. The van der Waals surface area contributed by atoms with Crippen molar-refractivity contribution in [1.82, 2.24) is 0 Å². The molecule has 0 rings (SSSR count). The molecule has 74 valence electrons. The summed E-state index contributed by atoms with van der Waals surface area (Å²) in [4.78, 5) is 0. The summed E-state index contributed by atoms with van der Waals surface area (Å²) in [5, 5.41) is 9.56. The van der Waals surface area contributed by atoms with Gasteiger partial charge in [-0.05, 0) is 30.6 Å². The summed E-state index contributed by atoms with van der Waals surface area (Å²) in [5.41, 5.74) is 0. The maximum atomic E-state index is 9.56. The Morgan fingerprint density at radius 1 is 0.833 bits per heavy atom. The molecule has 0 saturated heterocycles. The SMILES string of the molecule is CC(C)[C@H](C)CC[C@H](O)C(C)C. The van der Waals surface area contributed by atoms with Gasteiger partial charge in [0.1, 0.15) is 0 Å². The third-order valence-corrected chi connectivity index (χ3v) is 2.83. The first kappa shape index (κ1) is 12.0. The number of aliphatic hydroxyl groups is 1. The van der Waals surface area contributed by atoms with Crippen molar-refractivity contribution < 1.29 is 5.11 Å². The quantitative estimate of drug-likeness (QED) is 0.675. The highest BCUT2D eigenvalue weighted by Gasteiger charge is 2.12. The zero-order valence-corrected chi connectivity index (χ0v) is 9.17. The summed E-state index contributed by atoms with van der Waals surface area (Å²) in [6, 6.07) is 0. The molecule has 0 bridgehead atoms. The molecule has 0 radical (unpaired) electrons. The van der Waals surface area contributed by atoms with Crippen molar-refractivity contribution in [3.63, 3.8) is 0 Å². The van der Waals surface area contributed by atoms with Gasteiger partial charge in [0, 0.05) is 0 Å². The molecule has 1 heteroatoms. The van der Waals surface area contributed by atoms with Gasteiger partial charge in [0.2, 0.25) is 0 Å². The number of hydrogen-bond acceptors (Lipinski definition) is 1. The van der Waals surface area contributed by atoms with E-state index in [2.05, 4.69) is 34.6 Å². The molecule has 0 aromatic carbocycles. The summed E-state index contributed by atoms with van der Waals surface area (Å²) in [7, 11) is 0. The van der Waals surface area contributed by atoms with Crippen LogP contribution in [0.1, 0.15) is 47.5 Å². The van der Waals surface area contributed by atoms with Crippen LogP contribution in [-0.2, 0) is 0 Å². The topological polar surface area (TPSA) is 20.2 Å². The van der Waals surface area contributed by atoms with Crippen molar-refractivity contribution in [2.75, 3.05) is 0 Å². The van der Waals surface area contributed by atoms with Crippen molar-refractivity contribution in [2.45, 2.75) is 53.6 Å². The molecule has 0 heterocycles. The Hall–Kier alpha value is -0.0400. The number of hydrogen-bond donors (Lipinski definition) is 1. The normalized spacial score (nSPS) is 17.0. The van der Waals surface area contributed by atoms with Gasteiger partial charge in [0.15, 0.2) is 0 Å². The van der Waals surface area contributed by atoms with Gasteiger partial charge in [-0.3, -0.25) is 0 Å². The van der Waals surface area contributed by atoms with Crippen molar-refractivity contribution in [3.8, 4) is 0 Å². The lowest BCUT2D eigenvalue weighted by Crippen LogP contribution is -2.16. The van der Waals surface area contributed by atoms with Crippen molar-refractivity contribution in [2.24, 2.45) is 17.8 Å². The first-order chi connectivity index (χ1) is 5.45. The molecule has 0 amide bonds. The standard InChI is InChI=1S/C11H24O/c1-8(2)10(5)6-7-11(12)9(3)4/h8-12H,6-7H2,1-5H3/t10-,11+/m1/s1. The van der Waals surface area contributed by atoms with E-state index in [-0.39, 0.29) is 6.10 Å². The van der Waals surface area contributed by atoms with E-state index in [4.69, 9.17) is 0 Å². The van der Waals surface area contributed by atoms with Crippen LogP contribution in [0.3, 0.4) is 0 Å². The average Bonchev–Trinajstić information content (AvgIpc) is 1.98. The summed E-state index contributed by atoms with van der Waals surface area (Å²) in [6.07, 6.45) is 2.00. The van der Waals surface area contributed by atoms with E-state index in [1.165, 1.54) is 0 Å². The monoisotopic (exact) mass is 172 g/mol. The highest BCUT2D eigenvalue weighted by molar-refractivity contribution is 4.64. The van der Waals surface area contributed by atoms with Crippen LogP contribution in [0.25, 0.3) is 0 Å². The summed E-state index contributed by atoms with van der Waals surface area (Å²) < 4.78 is 0. The minimum atomic E-state index is -0.105. The predicted molar refractivity (Wildman–Crippen MR) is 54.1 cm³/mol. The summed E-state index contributed by atoms with van der Waals surface area (Å²) in [6.45, 7) is 10.9. The molecule has 0 aromatic heterocycles. The molecule has 0 spiro atoms. The maximum absolute atomic E-state index is 9.56. The first-order valence-corrected chi connectivity index (χ1v) is 5.13. The molecular weight excluding hydrogens is 148 g/mol. The summed E-state index contributed by atoms with van der Waals surface area (Å²) >= 11 is 0. The largest absolute Gasteiger partial charge is 0.393 e. The molecule has 1 nitrogen and oxygen atoms in total. The van der Waals surface area contributed by atoms with Crippen LogP contribution < -0.4 is 0 Å². The first-order valence-electron chi connectivity index (χ1n) is 5.13. The Kier molecular flexibility index (Phi) is 5.56. The molecule has 0 fully saturated rings. The van der Waals surface area contributed by atoms with Gasteiger partial charge < -0.3 is 5.11 Å². The van der Waals surface area contributed by atoms with Crippen molar-refractivity contribution in [3.05, 3.63) is 0 Å². The third kappa shape index (κ3) is 4.76. The fourth-order valence-electron chi connectivity index (χ4n) is 1.10. The number of rotatable bonds is 5. The second-order valence-corrected chi connectivity index (χ2v) is 4.61. The van der Waals surface area contributed by atoms with E-state index >= 15 is 0 Å². The molecule has 0 saturated carbocycles. The Labute approximate surface area is 77.2 Å². The van der Waals surface area contributed by atoms with Crippen LogP contribution in [0.5, 0.6) is 0 Å². The molecule has 12 heavy (non-hydrogen) atoms. The smallest absolute Gasteiger partial charge is 0.0563 e. The van der Waals surface area contributed by atoms with Crippen LogP contribution in [0, 0.1) is 17.8 Å². The fourth-order valence-corrected chi connectivity index (χ4v) is 1.10. The lowest BCUT2D eigenvalue weighted by atomic mass is 9.90. The van der Waals surface area contributed by atoms with Gasteiger partial charge >= 0.3 is 0 Å². The van der Waals surface area contributed by atoms with Crippen LogP contribution in [0.15, 0.2) is 0 Å². The highest BCUT2D eigenvalue weighted by Crippen LogP contribution is 2.19. The van der Waals surface area contributed by atoms with Crippen molar-refractivity contribution >= 4 is 0 Å². The van der Waals surface area contributed by atoms with Crippen LogP contribution in [0.2, 0.25) is 0 Å². The molecule has 0 aliphatic rings. The molecule has 0 aromatic rings. The van der Waals surface area contributed by atoms with E-state index in [0.29, 0.717) is 5.92 Å². The Morgan fingerprint density at radius 3 is 1.67 bits per heavy atom. The van der Waals surface area contributed by atoms with E-state index in [1.807, 2.05) is 0 Å². The number of aliphatic hydroxyl groups excluding tert-OH is 1. The minimum Gasteiger partial charge on any atom is -0.393 e. The lowest BCUT2D eigenvalue weighted by molar-refractivity contribution is 0.106. The van der Waals surface area contributed by atoms with Crippen LogP contribution >= 0.6 is 0 Å². The van der Waals surface area contributed by atoms with E-state index in [1.54, 1.807) is 0 Å². The predicted octanol–water partition coefficient (Wildman–Crippen LogP) is 3.08. The maximum Gasteiger partial charge on any atom is 0.0563 e. The van der Waals surface area contributed by atoms with Gasteiger partial charge in [-0.1, -0.05) is 34.6 Å². The van der Waals surface area contributed by atoms with Gasteiger partial charge in [-0.15, -0.1) is 0 Å². The van der Waals surface area contributed by atoms with Crippen LogP contribution in [-0.4, -0.2) is 11.2 Å². The van der Waals surface area contributed by atoms with Gasteiger partial charge in [-0.2, -0.15) is 0 Å². The summed E-state index contributed by atoms with van der Waals surface area (Å²) in [5.74, 6) is 1.88. The Bertz CT molecular complexity index is 93.6. The van der Waals surface area contributed by atoms with E-state index in [0.717, 1.165) is 24.7 Å². The van der Waals surface area contributed by atoms with E-state index in [9.17, 15) is 5.11 Å². The molecule has 2 atom stereocenters. The Balaban J connectivity index is 3.54. The third-order valence-electron chi connectivity index (χ3n) is 2.83. The van der Waals surface area contributed by atoms with Gasteiger partial charge in [-0.25, -0.2) is 0 Å². The van der Waals surface area contributed by atoms with Crippen molar-refractivity contribution in [1.29, 1.82) is 0 Å². The Morgan fingerprint density at radius 2 is 1.33 bits per heavy atom. The highest BCUT2D eigenvalue weighted by atomic mass is 16.3. The van der Waals surface area contributed by atoms with Crippen LogP contribution in [0.4, 0.5) is 0 Å². The zero-order valence-electron chi connectivity index (χ0n) is 9.17.